The fourth-order valence-electron chi connectivity index (χ4n) is 0. The second kappa shape index (κ2) is 1.72. The highest BCUT2D eigenvalue weighted by atomic mass is 19.4. The minimum atomic E-state index is -4.11. The summed E-state index contributed by atoms with van der Waals surface area (Å²) in [6.45, 7) is 3.80. The average molecular weight is 111 g/mol. The smallest absolute Gasteiger partial charge is 0.171 e. The van der Waals surface area contributed by atoms with Crippen LogP contribution < -0.4 is 0 Å². The number of hydrogen-bond acceptors (Lipinski definition) is 0. The minimum Gasteiger partial charge on any atom is -0.171 e. The molecule has 0 fully saturated rings. The van der Waals surface area contributed by atoms with Crippen LogP contribution in [0.1, 0.15) is 6.92 Å². The summed E-state index contributed by atoms with van der Waals surface area (Å²) in [6, 6.07) is 0. The van der Waals surface area contributed by atoms with Crippen molar-refractivity contribution in [1.82, 2.24) is 0 Å². The third-order valence-corrected chi connectivity index (χ3v) is 0.559. The number of rotatable bonds is 0. The van der Waals surface area contributed by atoms with Gasteiger partial charge in [0.15, 0.2) is 0 Å². The van der Waals surface area contributed by atoms with E-state index in [0.717, 1.165) is 6.92 Å². The first-order valence-corrected chi connectivity index (χ1v) is 1.84. The molecule has 1 unspecified atom stereocenters. The second-order valence-electron chi connectivity index (χ2n) is 1.44. The molecule has 0 saturated carbocycles. The third kappa shape index (κ3) is 2.48. The Morgan fingerprint density at radius 1 is 1.43 bits per heavy atom. The van der Waals surface area contributed by atoms with E-state index in [9.17, 15) is 13.2 Å². The van der Waals surface area contributed by atoms with Crippen LogP contribution in [-0.2, 0) is 0 Å². The monoisotopic (exact) mass is 111 g/mol. The number of halogens is 3. The van der Waals surface area contributed by atoms with Crippen molar-refractivity contribution in [1.29, 1.82) is 0 Å². The van der Waals surface area contributed by atoms with Gasteiger partial charge in [-0.3, -0.25) is 0 Å². The van der Waals surface area contributed by atoms with Gasteiger partial charge in [-0.1, -0.05) is 6.92 Å². The van der Waals surface area contributed by atoms with Gasteiger partial charge in [-0.2, -0.15) is 13.2 Å². The van der Waals surface area contributed by atoms with Crippen molar-refractivity contribution in [2.75, 3.05) is 0 Å². The SMILES string of the molecule is [CH2]C(C)C(F)(F)F. The molecule has 0 N–H and O–H groups in total. The molecule has 0 aliphatic carbocycles. The van der Waals surface area contributed by atoms with Crippen molar-refractivity contribution in [2.45, 2.75) is 13.1 Å². The third-order valence-electron chi connectivity index (χ3n) is 0.559. The normalized spacial score (nSPS) is 12.9. The van der Waals surface area contributed by atoms with Crippen molar-refractivity contribution < 1.29 is 13.2 Å². The molecule has 7 heavy (non-hydrogen) atoms. The van der Waals surface area contributed by atoms with Gasteiger partial charge in [0.25, 0.3) is 0 Å². The Morgan fingerprint density at radius 2 is 1.57 bits per heavy atom. The molecule has 0 amide bonds. The van der Waals surface area contributed by atoms with E-state index in [0.29, 0.717) is 0 Å². The maximum absolute atomic E-state index is 11.1. The Balaban J connectivity index is 3.54. The van der Waals surface area contributed by atoms with Crippen LogP contribution in [-0.4, -0.2) is 6.18 Å². The summed E-state index contributed by atoms with van der Waals surface area (Å²) in [6.07, 6.45) is -4.11. The quantitative estimate of drug-likeness (QED) is 0.448. The summed E-state index contributed by atoms with van der Waals surface area (Å²) in [4.78, 5) is 0. The fraction of sp³-hybridized carbons (Fsp3) is 0.750. The van der Waals surface area contributed by atoms with Gasteiger partial charge >= 0.3 is 6.18 Å². The number of hydrogen-bond donors (Lipinski definition) is 0. The van der Waals surface area contributed by atoms with Crippen molar-refractivity contribution in [3.05, 3.63) is 6.92 Å². The van der Waals surface area contributed by atoms with Gasteiger partial charge in [0.05, 0.1) is 5.92 Å². The molecule has 0 aromatic heterocycles. The zero-order valence-electron chi connectivity index (χ0n) is 3.92. The first kappa shape index (κ1) is 6.79. The summed E-state index contributed by atoms with van der Waals surface area (Å²) < 4.78 is 33.3. The lowest BCUT2D eigenvalue weighted by molar-refractivity contribution is -0.157. The average Bonchev–Trinajstić information content (AvgIpc) is 1.31. The first-order valence-electron chi connectivity index (χ1n) is 1.84. The van der Waals surface area contributed by atoms with Crippen LogP contribution in [0.5, 0.6) is 0 Å². The lowest BCUT2D eigenvalue weighted by Crippen LogP contribution is -2.15. The predicted molar refractivity (Wildman–Crippen MR) is 20.6 cm³/mol. The largest absolute Gasteiger partial charge is 0.391 e. The zero-order chi connectivity index (χ0) is 6.08. The molecule has 0 aromatic carbocycles. The van der Waals surface area contributed by atoms with E-state index >= 15 is 0 Å². The molecule has 0 saturated heterocycles. The summed E-state index contributed by atoms with van der Waals surface area (Å²) >= 11 is 0. The van der Waals surface area contributed by atoms with E-state index < -0.39 is 12.1 Å². The Labute approximate surface area is 40.3 Å². The lowest BCUT2D eigenvalue weighted by Gasteiger charge is -2.07. The lowest BCUT2D eigenvalue weighted by atomic mass is 10.2. The van der Waals surface area contributed by atoms with Crippen LogP contribution in [0.4, 0.5) is 13.2 Å². The van der Waals surface area contributed by atoms with Crippen LogP contribution in [0, 0.1) is 12.8 Å². The zero-order valence-corrected chi connectivity index (χ0v) is 3.92. The van der Waals surface area contributed by atoms with Crippen LogP contribution in [0.2, 0.25) is 0 Å². The summed E-state index contributed by atoms with van der Waals surface area (Å²) in [5.74, 6) is -1.45. The van der Waals surface area contributed by atoms with Crippen molar-refractivity contribution >= 4 is 0 Å². The molecule has 0 aliphatic rings. The molecule has 3 heteroatoms. The summed E-state index contributed by atoms with van der Waals surface area (Å²) in [5.41, 5.74) is 0. The Kier molecular flexibility index (Phi) is 1.67. The van der Waals surface area contributed by atoms with Crippen LogP contribution in [0.25, 0.3) is 0 Å². The van der Waals surface area contributed by atoms with Crippen molar-refractivity contribution in [2.24, 2.45) is 5.92 Å². The Morgan fingerprint density at radius 3 is 1.57 bits per heavy atom. The molecular formula is C4H6F3. The van der Waals surface area contributed by atoms with Gasteiger partial charge in [-0.25, -0.2) is 0 Å². The molecule has 0 spiro atoms. The van der Waals surface area contributed by atoms with Crippen LogP contribution in [0.15, 0.2) is 0 Å². The Hall–Kier alpha value is -0.210. The van der Waals surface area contributed by atoms with E-state index in [2.05, 4.69) is 6.92 Å². The number of alkyl halides is 3. The van der Waals surface area contributed by atoms with Gasteiger partial charge in [0.1, 0.15) is 0 Å². The molecule has 0 heterocycles. The molecule has 0 aromatic rings. The van der Waals surface area contributed by atoms with E-state index in [1.165, 1.54) is 0 Å². The maximum Gasteiger partial charge on any atom is 0.391 e. The second-order valence-corrected chi connectivity index (χ2v) is 1.44. The van der Waals surface area contributed by atoms with Gasteiger partial charge in [0, 0.05) is 0 Å². The topological polar surface area (TPSA) is 0 Å². The molecule has 1 radical (unpaired) electrons. The summed E-state index contributed by atoms with van der Waals surface area (Å²) in [7, 11) is 0. The molecule has 0 aliphatic heterocycles. The van der Waals surface area contributed by atoms with Crippen LogP contribution in [0.3, 0.4) is 0 Å². The van der Waals surface area contributed by atoms with Gasteiger partial charge in [0.2, 0.25) is 0 Å². The van der Waals surface area contributed by atoms with E-state index in [1.807, 2.05) is 0 Å². The van der Waals surface area contributed by atoms with E-state index in [-0.39, 0.29) is 0 Å². The fourth-order valence-corrected chi connectivity index (χ4v) is 0. The molecular weight excluding hydrogens is 105 g/mol. The van der Waals surface area contributed by atoms with Gasteiger partial charge < -0.3 is 0 Å². The summed E-state index contributed by atoms with van der Waals surface area (Å²) in [5, 5.41) is 0. The molecule has 43 valence electrons. The van der Waals surface area contributed by atoms with Crippen molar-refractivity contribution in [3.8, 4) is 0 Å². The maximum atomic E-state index is 11.1. The van der Waals surface area contributed by atoms with Crippen LogP contribution >= 0.6 is 0 Å². The first-order chi connectivity index (χ1) is 2.94. The minimum absolute atomic E-state index is 1.01. The highest BCUT2D eigenvalue weighted by molar-refractivity contribution is 4.61. The van der Waals surface area contributed by atoms with E-state index in [1.54, 1.807) is 0 Å². The Bertz CT molecular complexity index is 52.4. The molecule has 0 bridgehead atoms. The molecule has 0 rings (SSSR count). The van der Waals surface area contributed by atoms with E-state index in [4.69, 9.17) is 0 Å². The highest BCUT2D eigenvalue weighted by Gasteiger charge is 2.31. The standard InChI is InChI=1S/C4H6F3/c1-3(2)4(5,6)7/h3H,1H2,2H3. The van der Waals surface area contributed by atoms with Gasteiger partial charge in [-0.05, 0) is 6.92 Å². The molecule has 1 atom stereocenters. The molecule has 0 nitrogen and oxygen atoms in total. The highest BCUT2D eigenvalue weighted by Crippen LogP contribution is 2.23. The van der Waals surface area contributed by atoms with Gasteiger partial charge in [-0.15, -0.1) is 0 Å². The van der Waals surface area contributed by atoms with Crippen molar-refractivity contribution in [3.63, 3.8) is 0 Å². The predicted octanol–water partition coefficient (Wildman–Crippen LogP) is 2.02.